The zero-order chi connectivity index (χ0) is 19.0. The lowest BCUT2D eigenvalue weighted by Crippen LogP contribution is -2.38. The van der Waals surface area contributed by atoms with Gasteiger partial charge in [0.25, 0.3) is 11.1 Å². The Balaban J connectivity index is 1.40. The lowest BCUT2D eigenvalue weighted by Gasteiger charge is -2.22. The van der Waals surface area contributed by atoms with Crippen molar-refractivity contribution >= 4 is 38.4 Å². The predicted octanol–water partition coefficient (Wildman–Crippen LogP) is 1.96. The van der Waals surface area contributed by atoms with Crippen LogP contribution in [0.25, 0.3) is 22.4 Å². The molecule has 1 saturated heterocycles. The van der Waals surface area contributed by atoms with Crippen LogP contribution in [0.15, 0.2) is 40.1 Å². The number of hydrogen-bond acceptors (Lipinski definition) is 7. The minimum atomic E-state index is -3.03. The fourth-order valence-electron chi connectivity index (χ4n) is 3.14. The van der Waals surface area contributed by atoms with Gasteiger partial charge in [-0.15, -0.1) is 10.2 Å². The molecule has 0 saturated carbocycles. The Morgan fingerprint density at radius 3 is 2.96 bits per heavy atom. The number of H-pyrrole nitrogens is 1. The molecule has 1 aromatic carbocycles. The Morgan fingerprint density at radius 1 is 1.37 bits per heavy atom. The van der Waals surface area contributed by atoms with Crippen molar-refractivity contribution in [3.8, 4) is 11.5 Å². The molecule has 3 heterocycles. The van der Waals surface area contributed by atoms with Crippen molar-refractivity contribution in [2.75, 3.05) is 24.3 Å². The predicted molar refractivity (Wildman–Crippen MR) is 102 cm³/mol. The van der Waals surface area contributed by atoms with Crippen LogP contribution in [0.5, 0.6) is 0 Å². The number of carbonyl (C=O) groups excluding carboxylic acids is 1. The highest BCUT2D eigenvalue weighted by Crippen LogP contribution is 2.29. The van der Waals surface area contributed by atoms with Crippen molar-refractivity contribution < 1.29 is 17.6 Å². The summed E-state index contributed by atoms with van der Waals surface area (Å²) in [6, 6.07) is 7.54. The highest BCUT2D eigenvalue weighted by atomic mass is 32.2. The molecule has 0 radical (unpaired) electrons. The molecule has 8 nitrogen and oxygen atoms in total. The summed E-state index contributed by atoms with van der Waals surface area (Å²) in [4.78, 5) is 17.0. The normalized spacial score (nSPS) is 18.8. The topological polar surface area (TPSA) is 109 Å². The third-order valence-corrected chi connectivity index (χ3v) is 7.25. The third kappa shape index (κ3) is 3.72. The van der Waals surface area contributed by atoms with Crippen molar-refractivity contribution in [2.45, 2.75) is 17.7 Å². The molecule has 1 N–H and O–H groups in total. The van der Waals surface area contributed by atoms with Gasteiger partial charge in [0.2, 0.25) is 5.91 Å². The van der Waals surface area contributed by atoms with E-state index in [9.17, 15) is 13.2 Å². The SMILES string of the molecule is CN(C(=O)CSc1nnc(-c2c[nH]c3ccccc23)o1)[C@H]1CCS(=O)(=O)C1. The summed E-state index contributed by atoms with van der Waals surface area (Å²) in [6.07, 6.45) is 2.30. The minimum absolute atomic E-state index is 0.0329. The highest BCUT2D eigenvalue weighted by molar-refractivity contribution is 7.99. The van der Waals surface area contributed by atoms with Crippen molar-refractivity contribution in [1.82, 2.24) is 20.1 Å². The van der Waals surface area contributed by atoms with E-state index in [1.807, 2.05) is 30.5 Å². The minimum Gasteiger partial charge on any atom is -0.411 e. The first-order valence-corrected chi connectivity index (χ1v) is 11.2. The summed E-state index contributed by atoms with van der Waals surface area (Å²) in [5.74, 6) is 0.514. The molecule has 27 heavy (non-hydrogen) atoms. The molecule has 0 aliphatic carbocycles. The quantitative estimate of drug-likeness (QED) is 0.645. The molecule has 142 valence electrons. The summed E-state index contributed by atoms with van der Waals surface area (Å²) in [5, 5.41) is 9.35. The van der Waals surface area contributed by atoms with Gasteiger partial charge in [0, 0.05) is 30.2 Å². The second-order valence-corrected chi connectivity index (χ2v) is 9.63. The lowest BCUT2D eigenvalue weighted by atomic mass is 10.2. The maximum atomic E-state index is 12.3. The van der Waals surface area contributed by atoms with Gasteiger partial charge in [0.15, 0.2) is 9.84 Å². The molecule has 2 aromatic heterocycles. The Labute approximate surface area is 160 Å². The molecule has 1 atom stereocenters. The molecule has 3 aromatic rings. The number of fused-ring (bicyclic) bond motifs is 1. The molecule has 0 unspecified atom stereocenters. The van der Waals surface area contributed by atoms with Crippen LogP contribution in [0.1, 0.15) is 6.42 Å². The third-order valence-electron chi connectivity index (χ3n) is 4.69. The van der Waals surface area contributed by atoms with Gasteiger partial charge in [-0.25, -0.2) is 8.42 Å². The van der Waals surface area contributed by atoms with Crippen LogP contribution < -0.4 is 0 Å². The number of sulfone groups is 1. The second kappa shape index (κ2) is 7.01. The van der Waals surface area contributed by atoms with Gasteiger partial charge in [0.05, 0.1) is 22.8 Å². The number of rotatable bonds is 5. The van der Waals surface area contributed by atoms with Crippen LogP contribution in [0, 0.1) is 0 Å². The van der Waals surface area contributed by atoms with Crippen LogP contribution in [-0.2, 0) is 14.6 Å². The highest BCUT2D eigenvalue weighted by Gasteiger charge is 2.32. The molecule has 1 fully saturated rings. The van der Waals surface area contributed by atoms with E-state index in [0.717, 1.165) is 28.2 Å². The summed E-state index contributed by atoms with van der Waals surface area (Å²) in [6.45, 7) is 0. The molecule has 0 spiro atoms. The summed E-state index contributed by atoms with van der Waals surface area (Å²) >= 11 is 1.15. The number of amides is 1. The molecular weight excluding hydrogens is 388 g/mol. The number of carbonyl (C=O) groups is 1. The van der Waals surface area contributed by atoms with Gasteiger partial charge in [-0.3, -0.25) is 4.79 Å². The number of hydrogen-bond donors (Lipinski definition) is 1. The van der Waals surface area contributed by atoms with Crippen LogP contribution in [0.3, 0.4) is 0 Å². The lowest BCUT2D eigenvalue weighted by molar-refractivity contribution is -0.128. The fraction of sp³-hybridized carbons (Fsp3) is 0.353. The molecule has 1 amide bonds. The average molecular weight is 406 g/mol. The molecule has 10 heteroatoms. The zero-order valence-electron chi connectivity index (χ0n) is 14.6. The van der Waals surface area contributed by atoms with E-state index < -0.39 is 9.84 Å². The van der Waals surface area contributed by atoms with Crippen LogP contribution in [0.4, 0.5) is 0 Å². The van der Waals surface area contributed by atoms with Crippen molar-refractivity contribution in [2.24, 2.45) is 0 Å². The van der Waals surface area contributed by atoms with Gasteiger partial charge >= 0.3 is 0 Å². The largest absolute Gasteiger partial charge is 0.411 e. The Kier molecular flexibility index (Phi) is 4.68. The Morgan fingerprint density at radius 2 is 2.19 bits per heavy atom. The molecule has 0 bridgehead atoms. The molecular formula is C17H18N4O4S2. The first-order valence-electron chi connectivity index (χ1n) is 8.42. The van der Waals surface area contributed by atoms with Gasteiger partial charge in [-0.1, -0.05) is 30.0 Å². The monoisotopic (exact) mass is 406 g/mol. The van der Waals surface area contributed by atoms with Gasteiger partial charge in [-0.2, -0.15) is 0 Å². The molecule has 1 aliphatic rings. The number of nitrogens with one attached hydrogen (secondary N) is 1. The maximum absolute atomic E-state index is 12.3. The van der Waals surface area contributed by atoms with Crippen LogP contribution in [-0.4, -0.2) is 64.8 Å². The van der Waals surface area contributed by atoms with E-state index in [0.29, 0.717) is 17.5 Å². The zero-order valence-corrected chi connectivity index (χ0v) is 16.2. The van der Waals surface area contributed by atoms with Crippen molar-refractivity contribution in [3.63, 3.8) is 0 Å². The number of benzene rings is 1. The number of para-hydroxylation sites is 1. The van der Waals surface area contributed by atoms with E-state index >= 15 is 0 Å². The van der Waals surface area contributed by atoms with Gasteiger partial charge in [-0.05, 0) is 12.5 Å². The van der Waals surface area contributed by atoms with Crippen molar-refractivity contribution in [3.05, 3.63) is 30.5 Å². The maximum Gasteiger partial charge on any atom is 0.277 e. The second-order valence-electron chi connectivity index (χ2n) is 6.47. The Hall–Kier alpha value is -2.33. The first kappa shape index (κ1) is 18.1. The number of aromatic amines is 1. The van der Waals surface area contributed by atoms with Crippen LogP contribution in [0.2, 0.25) is 0 Å². The van der Waals surface area contributed by atoms with E-state index in [1.54, 1.807) is 7.05 Å². The number of aromatic nitrogens is 3. The summed E-state index contributed by atoms with van der Waals surface area (Å²) < 4.78 is 28.8. The molecule has 1 aliphatic heterocycles. The van der Waals surface area contributed by atoms with E-state index in [4.69, 9.17) is 4.42 Å². The van der Waals surface area contributed by atoms with Gasteiger partial charge < -0.3 is 14.3 Å². The fourth-order valence-corrected chi connectivity index (χ4v) is 5.60. The summed E-state index contributed by atoms with van der Waals surface area (Å²) in [7, 11) is -1.39. The van der Waals surface area contributed by atoms with E-state index in [-0.39, 0.29) is 29.2 Å². The Bertz CT molecular complexity index is 1090. The summed E-state index contributed by atoms with van der Waals surface area (Å²) in [5.41, 5.74) is 1.78. The van der Waals surface area contributed by atoms with Gasteiger partial charge in [0.1, 0.15) is 0 Å². The smallest absolute Gasteiger partial charge is 0.277 e. The van der Waals surface area contributed by atoms with Crippen molar-refractivity contribution in [1.29, 1.82) is 0 Å². The first-order chi connectivity index (χ1) is 12.9. The van der Waals surface area contributed by atoms with Crippen LogP contribution >= 0.6 is 11.8 Å². The standard InChI is InChI=1S/C17H18N4O4S2/c1-21(11-6-7-27(23,24)10-11)15(22)9-26-17-20-19-16(25-17)13-8-18-14-5-3-2-4-12(13)14/h2-5,8,11,18H,6-7,9-10H2,1H3/t11-/m0/s1. The number of thioether (sulfide) groups is 1. The van der Waals surface area contributed by atoms with E-state index in [2.05, 4.69) is 15.2 Å². The average Bonchev–Trinajstić information content (AvgIpc) is 3.36. The molecule has 4 rings (SSSR count). The van der Waals surface area contributed by atoms with E-state index in [1.165, 1.54) is 4.90 Å². The number of nitrogens with zero attached hydrogens (tertiary/aromatic N) is 3.